The Morgan fingerprint density at radius 3 is 3.06 bits per heavy atom. The molecule has 1 saturated heterocycles. The average molecular weight is 313 g/mol. The van der Waals surface area contributed by atoms with Crippen LogP contribution in [0.1, 0.15) is 19.3 Å². The lowest BCUT2D eigenvalue weighted by atomic mass is 9.78. The van der Waals surface area contributed by atoms with Gasteiger partial charge >= 0.3 is 0 Å². The molecule has 98 valence electrons. The minimum absolute atomic E-state index is 0.126. The van der Waals surface area contributed by atoms with Gasteiger partial charge in [-0.05, 0) is 40.6 Å². The normalized spacial score (nSPS) is 31.4. The number of anilines is 1. The lowest BCUT2D eigenvalue weighted by Crippen LogP contribution is -2.38. The van der Waals surface area contributed by atoms with Crippen molar-refractivity contribution in [2.45, 2.75) is 25.3 Å². The third-order valence-corrected chi connectivity index (χ3v) is 4.95. The minimum atomic E-state index is -0.126. The highest BCUT2D eigenvalue weighted by Crippen LogP contribution is 2.37. The van der Waals surface area contributed by atoms with Gasteiger partial charge in [0.15, 0.2) is 0 Å². The number of nitrogens with two attached hydrogens (primary N) is 1. The van der Waals surface area contributed by atoms with Crippen molar-refractivity contribution in [2.24, 2.45) is 17.6 Å². The summed E-state index contributed by atoms with van der Waals surface area (Å²) in [5, 5.41) is 0. The third-order valence-electron chi connectivity index (χ3n) is 4.23. The maximum absolute atomic E-state index is 11.6. The van der Waals surface area contributed by atoms with Crippen LogP contribution in [0.4, 0.5) is 5.82 Å². The summed E-state index contributed by atoms with van der Waals surface area (Å²) in [6, 6.07) is 0.300. The topological polar surface area (TPSA) is 75.0 Å². The molecule has 2 aliphatic rings. The van der Waals surface area contributed by atoms with E-state index in [-0.39, 0.29) is 5.56 Å². The van der Waals surface area contributed by atoms with Crippen molar-refractivity contribution in [3.8, 4) is 0 Å². The van der Waals surface area contributed by atoms with Crippen LogP contribution in [0.15, 0.2) is 15.6 Å². The number of aromatic nitrogens is 2. The largest absolute Gasteiger partial charge is 0.355 e. The summed E-state index contributed by atoms with van der Waals surface area (Å²) < 4.78 is 0.525. The first-order valence-electron chi connectivity index (χ1n) is 6.40. The molecule has 0 bridgehead atoms. The molecule has 0 radical (unpaired) electrons. The molecule has 2 fully saturated rings. The summed E-state index contributed by atoms with van der Waals surface area (Å²) in [6.07, 6.45) is 5.05. The highest BCUT2D eigenvalue weighted by atomic mass is 79.9. The van der Waals surface area contributed by atoms with Crippen LogP contribution in [0, 0.1) is 11.8 Å². The quantitative estimate of drug-likeness (QED) is 0.814. The van der Waals surface area contributed by atoms with Gasteiger partial charge in [-0.25, -0.2) is 4.98 Å². The Morgan fingerprint density at radius 2 is 2.28 bits per heavy atom. The SMILES string of the molecule is NC1CCCC2CN(c3nc[nH]c(=O)c3Br)CC12. The number of nitrogens with one attached hydrogen (secondary N) is 1. The van der Waals surface area contributed by atoms with E-state index in [2.05, 4.69) is 30.8 Å². The minimum Gasteiger partial charge on any atom is -0.355 e. The van der Waals surface area contributed by atoms with Crippen LogP contribution >= 0.6 is 15.9 Å². The van der Waals surface area contributed by atoms with Gasteiger partial charge in [-0.1, -0.05) is 6.42 Å². The van der Waals surface area contributed by atoms with E-state index >= 15 is 0 Å². The van der Waals surface area contributed by atoms with E-state index in [0.717, 1.165) is 25.3 Å². The molecule has 3 N–H and O–H groups in total. The Bertz CT molecular complexity index is 503. The Balaban J connectivity index is 1.87. The molecule has 3 unspecified atom stereocenters. The van der Waals surface area contributed by atoms with Crippen molar-refractivity contribution in [3.63, 3.8) is 0 Å². The number of halogens is 1. The van der Waals surface area contributed by atoms with E-state index in [1.54, 1.807) is 0 Å². The molecule has 1 saturated carbocycles. The number of H-pyrrole nitrogens is 1. The number of fused-ring (bicyclic) bond motifs is 1. The van der Waals surface area contributed by atoms with E-state index < -0.39 is 0 Å². The maximum Gasteiger partial charge on any atom is 0.267 e. The Morgan fingerprint density at radius 1 is 1.44 bits per heavy atom. The first-order valence-corrected chi connectivity index (χ1v) is 7.20. The van der Waals surface area contributed by atoms with Gasteiger partial charge in [0.05, 0.1) is 6.33 Å². The number of nitrogens with zero attached hydrogens (tertiary/aromatic N) is 2. The van der Waals surface area contributed by atoms with Gasteiger partial charge in [0.1, 0.15) is 10.3 Å². The van der Waals surface area contributed by atoms with E-state index in [1.807, 2.05) is 0 Å². The van der Waals surface area contributed by atoms with Crippen LogP contribution in [0.3, 0.4) is 0 Å². The molecule has 3 atom stereocenters. The number of hydrogen-bond donors (Lipinski definition) is 2. The molecule has 0 aromatic carbocycles. The lowest BCUT2D eigenvalue weighted by molar-refractivity contribution is 0.260. The highest BCUT2D eigenvalue weighted by molar-refractivity contribution is 9.10. The predicted octanol–water partition coefficient (Wildman–Crippen LogP) is 1.10. The summed E-state index contributed by atoms with van der Waals surface area (Å²) in [4.78, 5) is 20.6. The first kappa shape index (κ1) is 12.2. The van der Waals surface area contributed by atoms with Crippen LogP contribution in [0.25, 0.3) is 0 Å². The molecule has 18 heavy (non-hydrogen) atoms. The molecule has 1 aromatic heterocycles. The monoisotopic (exact) mass is 312 g/mol. The lowest BCUT2D eigenvalue weighted by Gasteiger charge is -2.29. The highest BCUT2D eigenvalue weighted by Gasteiger charge is 2.39. The standard InChI is InChI=1S/C12H17BrN4O/c13-10-11(15-6-16-12(10)18)17-4-7-2-1-3-9(14)8(7)5-17/h6-9H,1-5,14H2,(H,15,16,18). The number of hydrogen-bond acceptors (Lipinski definition) is 4. The summed E-state index contributed by atoms with van der Waals surface area (Å²) in [5.74, 6) is 1.95. The molecule has 5 nitrogen and oxygen atoms in total. The summed E-state index contributed by atoms with van der Waals surface area (Å²) in [6.45, 7) is 1.88. The molecule has 2 heterocycles. The van der Waals surface area contributed by atoms with Gasteiger partial charge in [0.2, 0.25) is 0 Å². The van der Waals surface area contributed by atoms with Gasteiger partial charge in [-0.2, -0.15) is 0 Å². The molecular formula is C12H17BrN4O. The summed E-state index contributed by atoms with van der Waals surface area (Å²) in [5.41, 5.74) is 6.08. The molecule has 1 aliphatic heterocycles. The predicted molar refractivity (Wildman–Crippen MR) is 73.6 cm³/mol. The van der Waals surface area contributed by atoms with Crippen LogP contribution in [-0.4, -0.2) is 29.1 Å². The van der Waals surface area contributed by atoms with Crippen molar-refractivity contribution in [3.05, 3.63) is 21.2 Å². The van der Waals surface area contributed by atoms with Gasteiger partial charge in [0, 0.05) is 19.1 Å². The van der Waals surface area contributed by atoms with E-state index in [4.69, 9.17) is 5.73 Å². The molecule has 6 heteroatoms. The van der Waals surface area contributed by atoms with Crippen molar-refractivity contribution in [1.82, 2.24) is 9.97 Å². The van der Waals surface area contributed by atoms with E-state index in [1.165, 1.54) is 19.2 Å². The fourth-order valence-corrected chi connectivity index (χ4v) is 3.75. The van der Waals surface area contributed by atoms with Crippen LogP contribution in [0.5, 0.6) is 0 Å². The summed E-state index contributed by atoms with van der Waals surface area (Å²) >= 11 is 3.33. The van der Waals surface area contributed by atoms with Crippen LogP contribution < -0.4 is 16.2 Å². The fraction of sp³-hybridized carbons (Fsp3) is 0.667. The van der Waals surface area contributed by atoms with Crippen molar-refractivity contribution >= 4 is 21.7 Å². The Labute approximate surface area is 114 Å². The van der Waals surface area contributed by atoms with Gasteiger partial charge in [-0.3, -0.25) is 4.79 Å². The Kier molecular flexibility index (Phi) is 3.15. The van der Waals surface area contributed by atoms with Gasteiger partial charge < -0.3 is 15.6 Å². The first-order chi connectivity index (χ1) is 8.66. The van der Waals surface area contributed by atoms with Gasteiger partial charge in [0.25, 0.3) is 5.56 Å². The zero-order valence-electron chi connectivity index (χ0n) is 10.1. The van der Waals surface area contributed by atoms with E-state index in [0.29, 0.717) is 22.4 Å². The molecule has 3 rings (SSSR count). The van der Waals surface area contributed by atoms with Crippen molar-refractivity contribution < 1.29 is 0 Å². The second-order valence-electron chi connectivity index (χ2n) is 5.29. The second-order valence-corrected chi connectivity index (χ2v) is 6.09. The van der Waals surface area contributed by atoms with Gasteiger partial charge in [-0.15, -0.1) is 0 Å². The smallest absolute Gasteiger partial charge is 0.267 e. The molecule has 1 aromatic rings. The zero-order chi connectivity index (χ0) is 12.7. The molecule has 0 spiro atoms. The number of aromatic amines is 1. The zero-order valence-corrected chi connectivity index (χ0v) is 11.7. The molecule has 1 aliphatic carbocycles. The Hall–Kier alpha value is -0.880. The second kappa shape index (κ2) is 4.66. The van der Waals surface area contributed by atoms with E-state index in [9.17, 15) is 4.79 Å². The maximum atomic E-state index is 11.6. The van der Waals surface area contributed by atoms with Crippen LogP contribution in [-0.2, 0) is 0 Å². The third kappa shape index (κ3) is 1.97. The van der Waals surface area contributed by atoms with Crippen molar-refractivity contribution in [1.29, 1.82) is 0 Å². The fourth-order valence-electron chi connectivity index (χ4n) is 3.28. The number of rotatable bonds is 1. The molecule has 0 amide bonds. The molecular weight excluding hydrogens is 296 g/mol. The summed E-state index contributed by atoms with van der Waals surface area (Å²) in [7, 11) is 0. The van der Waals surface area contributed by atoms with Crippen molar-refractivity contribution in [2.75, 3.05) is 18.0 Å². The van der Waals surface area contributed by atoms with Crippen LogP contribution in [0.2, 0.25) is 0 Å². The average Bonchev–Trinajstić information content (AvgIpc) is 2.78.